The summed E-state index contributed by atoms with van der Waals surface area (Å²) in [6.45, 7) is 2.56. The molecular weight excluding hydrogens is 387 g/mol. The Hall–Kier alpha value is -0.970. The maximum Gasteiger partial charge on any atom is 0.311 e. The highest BCUT2D eigenvalue weighted by molar-refractivity contribution is 6.48. The fraction of sp³-hybridized carbons (Fsp3) is 0.556. The van der Waals surface area contributed by atoms with Crippen molar-refractivity contribution in [2.45, 2.75) is 58.3 Å². The van der Waals surface area contributed by atoms with Gasteiger partial charge in [0.25, 0.3) is 0 Å². The first-order valence-corrected chi connectivity index (χ1v) is 9.58. The Kier molecular flexibility index (Phi) is 10.9. The van der Waals surface area contributed by atoms with E-state index in [2.05, 4.69) is 6.92 Å². The van der Waals surface area contributed by atoms with Crippen molar-refractivity contribution in [3.8, 4) is 5.75 Å². The van der Waals surface area contributed by atoms with E-state index in [1.165, 1.54) is 31.4 Å². The van der Waals surface area contributed by atoms with Crippen molar-refractivity contribution in [3.63, 3.8) is 0 Å². The maximum atomic E-state index is 11.8. The molecule has 0 unspecified atom stereocenters. The number of hydrogen-bond acceptors (Lipinski definition) is 4. The highest BCUT2D eigenvalue weighted by atomic mass is 35.5. The van der Waals surface area contributed by atoms with Crippen LogP contribution in [0.15, 0.2) is 12.1 Å². The number of rotatable bonds is 11. The SMILES string of the molecule is CCCCCCCCOC(=O)CCC(=O)Oc1cc(Cl)c(Cl)c(Cl)c1. The summed E-state index contributed by atoms with van der Waals surface area (Å²) in [4.78, 5) is 23.4. The molecule has 0 aliphatic carbocycles. The minimum Gasteiger partial charge on any atom is -0.466 e. The second kappa shape index (κ2) is 12.4. The van der Waals surface area contributed by atoms with E-state index in [9.17, 15) is 9.59 Å². The smallest absolute Gasteiger partial charge is 0.311 e. The normalized spacial score (nSPS) is 10.6. The molecule has 0 aliphatic heterocycles. The van der Waals surface area contributed by atoms with Gasteiger partial charge in [0.15, 0.2) is 0 Å². The van der Waals surface area contributed by atoms with Gasteiger partial charge in [-0.2, -0.15) is 0 Å². The Morgan fingerprint density at radius 1 is 0.880 bits per heavy atom. The molecule has 4 nitrogen and oxygen atoms in total. The van der Waals surface area contributed by atoms with Gasteiger partial charge in [0.05, 0.1) is 34.5 Å². The fourth-order valence-electron chi connectivity index (χ4n) is 2.12. The van der Waals surface area contributed by atoms with E-state index in [-0.39, 0.29) is 33.7 Å². The van der Waals surface area contributed by atoms with Crippen LogP contribution in [0.2, 0.25) is 15.1 Å². The van der Waals surface area contributed by atoms with Crippen molar-refractivity contribution in [2.75, 3.05) is 6.61 Å². The molecule has 0 heterocycles. The third kappa shape index (κ3) is 9.34. The van der Waals surface area contributed by atoms with Crippen LogP contribution in [0.25, 0.3) is 0 Å². The summed E-state index contributed by atoms with van der Waals surface area (Å²) in [7, 11) is 0. The quantitative estimate of drug-likeness (QED) is 0.188. The summed E-state index contributed by atoms with van der Waals surface area (Å²) in [5.41, 5.74) is 0. The Morgan fingerprint density at radius 2 is 1.44 bits per heavy atom. The van der Waals surface area contributed by atoms with Crippen molar-refractivity contribution in [2.24, 2.45) is 0 Å². The van der Waals surface area contributed by atoms with Crippen LogP contribution in [0.5, 0.6) is 5.75 Å². The number of carbonyl (C=O) groups excluding carboxylic acids is 2. The van der Waals surface area contributed by atoms with Crippen LogP contribution in [-0.2, 0) is 14.3 Å². The highest BCUT2D eigenvalue weighted by Gasteiger charge is 2.12. The van der Waals surface area contributed by atoms with Crippen LogP contribution < -0.4 is 4.74 Å². The van der Waals surface area contributed by atoms with Crippen LogP contribution in [0, 0.1) is 0 Å². The number of benzene rings is 1. The monoisotopic (exact) mass is 408 g/mol. The summed E-state index contributed by atoms with van der Waals surface area (Å²) in [5, 5.41) is 0.576. The van der Waals surface area contributed by atoms with E-state index >= 15 is 0 Å². The van der Waals surface area contributed by atoms with E-state index in [4.69, 9.17) is 44.3 Å². The summed E-state index contributed by atoms with van der Waals surface area (Å²) in [6, 6.07) is 2.79. The number of halogens is 3. The molecule has 0 bridgehead atoms. The standard InChI is InChI=1S/C18H23Cl3O4/c1-2-3-4-5-6-7-10-24-16(22)8-9-17(23)25-13-11-14(19)18(21)15(20)12-13/h11-12H,2-10H2,1H3. The molecule has 7 heteroatoms. The van der Waals surface area contributed by atoms with Gasteiger partial charge in [0.2, 0.25) is 0 Å². The van der Waals surface area contributed by atoms with Gasteiger partial charge in [-0.15, -0.1) is 0 Å². The Labute approximate surface area is 163 Å². The first-order chi connectivity index (χ1) is 11.9. The lowest BCUT2D eigenvalue weighted by Crippen LogP contribution is -2.13. The first kappa shape index (κ1) is 22.1. The zero-order valence-electron chi connectivity index (χ0n) is 14.3. The van der Waals surface area contributed by atoms with Crippen molar-refractivity contribution >= 4 is 46.7 Å². The van der Waals surface area contributed by atoms with Crippen LogP contribution in [0.4, 0.5) is 0 Å². The van der Waals surface area contributed by atoms with Crippen LogP contribution in [0.3, 0.4) is 0 Å². The third-order valence-electron chi connectivity index (χ3n) is 3.48. The summed E-state index contributed by atoms with van der Waals surface area (Å²) < 4.78 is 10.2. The number of carbonyl (C=O) groups is 2. The molecule has 0 fully saturated rings. The molecule has 140 valence electrons. The number of hydrogen-bond donors (Lipinski definition) is 0. The minimum absolute atomic E-state index is 0.0241. The van der Waals surface area contributed by atoms with E-state index < -0.39 is 11.9 Å². The second-order valence-electron chi connectivity index (χ2n) is 5.66. The lowest BCUT2D eigenvalue weighted by Gasteiger charge is -2.07. The molecule has 0 aromatic heterocycles. The Bertz CT molecular complexity index is 552. The predicted octanol–water partition coefficient (Wildman–Crippen LogP) is 6.24. The van der Waals surface area contributed by atoms with Crippen LogP contribution in [0.1, 0.15) is 58.3 Å². The third-order valence-corrected chi connectivity index (χ3v) is 4.68. The molecule has 0 atom stereocenters. The second-order valence-corrected chi connectivity index (χ2v) is 6.86. The van der Waals surface area contributed by atoms with Gasteiger partial charge in [-0.25, -0.2) is 0 Å². The molecule has 1 aromatic carbocycles. The van der Waals surface area contributed by atoms with E-state index in [0.29, 0.717) is 6.61 Å². The topological polar surface area (TPSA) is 52.6 Å². The lowest BCUT2D eigenvalue weighted by atomic mass is 10.1. The molecule has 1 aromatic rings. The highest BCUT2D eigenvalue weighted by Crippen LogP contribution is 2.34. The van der Waals surface area contributed by atoms with Gasteiger partial charge in [0, 0.05) is 12.1 Å². The lowest BCUT2D eigenvalue weighted by molar-refractivity contribution is -0.147. The van der Waals surface area contributed by atoms with Crippen molar-refractivity contribution in [3.05, 3.63) is 27.2 Å². The minimum atomic E-state index is -0.564. The van der Waals surface area contributed by atoms with Gasteiger partial charge in [0.1, 0.15) is 5.75 Å². The molecule has 0 aliphatic rings. The van der Waals surface area contributed by atoms with Gasteiger partial charge >= 0.3 is 11.9 Å². The molecule has 0 saturated carbocycles. The summed E-state index contributed by atoms with van der Waals surface area (Å²) in [6.07, 6.45) is 6.62. The van der Waals surface area contributed by atoms with Crippen LogP contribution >= 0.6 is 34.8 Å². The zero-order valence-corrected chi connectivity index (χ0v) is 16.6. The molecule has 0 N–H and O–H groups in total. The van der Waals surface area contributed by atoms with E-state index in [1.807, 2.05) is 0 Å². The van der Waals surface area contributed by atoms with Gasteiger partial charge < -0.3 is 9.47 Å². The average Bonchev–Trinajstić information content (AvgIpc) is 2.57. The molecular formula is C18H23Cl3O4. The largest absolute Gasteiger partial charge is 0.466 e. The number of unbranched alkanes of at least 4 members (excludes halogenated alkanes) is 5. The summed E-state index contributed by atoms with van der Waals surface area (Å²) in [5.74, 6) is -0.784. The average molecular weight is 410 g/mol. The molecule has 1 rings (SSSR count). The molecule has 0 radical (unpaired) electrons. The van der Waals surface area contributed by atoms with Crippen LogP contribution in [-0.4, -0.2) is 18.5 Å². The number of ether oxygens (including phenoxy) is 2. The van der Waals surface area contributed by atoms with E-state index in [0.717, 1.165) is 19.3 Å². The molecule has 0 amide bonds. The van der Waals surface area contributed by atoms with Gasteiger partial charge in [-0.1, -0.05) is 73.8 Å². The zero-order chi connectivity index (χ0) is 18.7. The fourth-order valence-corrected chi connectivity index (χ4v) is 2.69. The first-order valence-electron chi connectivity index (χ1n) is 8.45. The Morgan fingerprint density at radius 3 is 2.08 bits per heavy atom. The number of esters is 2. The molecule has 0 saturated heterocycles. The van der Waals surface area contributed by atoms with Gasteiger partial charge in [-0.3, -0.25) is 9.59 Å². The van der Waals surface area contributed by atoms with E-state index in [1.54, 1.807) is 0 Å². The van der Waals surface area contributed by atoms with Crippen molar-refractivity contribution in [1.82, 2.24) is 0 Å². The summed E-state index contributed by atoms with van der Waals surface area (Å²) >= 11 is 17.5. The van der Waals surface area contributed by atoms with Crippen molar-refractivity contribution in [1.29, 1.82) is 0 Å². The molecule has 25 heavy (non-hydrogen) atoms. The van der Waals surface area contributed by atoms with Gasteiger partial charge in [-0.05, 0) is 6.42 Å². The molecule has 0 spiro atoms. The predicted molar refractivity (Wildman–Crippen MR) is 101 cm³/mol. The maximum absolute atomic E-state index is 11.8. The Balaban J connectivity index is 2.20. The van der Waals surface area contributed by atoms with Crippen molar-refractivity contribution < 1.29 is 19.1 Å².